The molecule has 0 atom stereocenters. The van der Waals surface area contributed by atoms with Crippen LogP contribution in [0.1, 0.15) is 32.3 Å². The lowest BCUT2D eigenvalue weighted by Gasteiger charge is -2.17. The molecule has 1 rings (SSSR count). The van der Waals surface area contributed by atoms with E-state index in [2.05, 4.69) is 19.2 Å². The number of benzene rings is 1. The first kappa shape index (κ1) is 17.1. The summed E-state index contributed by atoms with van der Waals surface area (Å²) in [5.74, 6) is 1.37. The molecule has 5 heteroatoms. The molecule has 0 aromatic heterocycles. The zero-order valence-electron chi connectivity index (χ0n) is 12.4. The van der Waals surface area contributed by atoms with Crippen LogP contribution in [0.2, 0.25) is 5.02 Å². The summed E-state index contributed by atoms with van der Waals surface area (Å²) in [6.07, 6.45) is 1.54. The largest absolute Gasteiger partial charge is 0.493 e. The van der Waals surface area contributed by atoms with Crippen molar-refractivity contribution in [2.75, 3.05) is 20.3 Å². The summed E-state index contributed by atoms with van der Waals surface area (Å²) in [5, 5.41) is 12.8. The topological polar surface area (TPSA) is 50.7 Å². The Balaban J connectivity index is 2.84. The van der Waals surface area contributed by atoms with Crippen LogP contribution in [0.5, 0.6) is 11.5 Å². The molecule has 114 valence electrons. The van der Waals surface area contributed by atoms with Gasteiger partial charge in [0.05, 0.1) is 13.7 Å². The zero-order chi connectivity index (χ0) is 15.0. The fourth-order valence-corrected chi connectivity index (χ4v) is 2.00. The Morgan fingerprint density at radius 2 is 2.05 bits per heavy atom. The van der Waals surface area contributed by atoms with Gasteiger partial charge in [-0.25, -0.2) is 0 Å². The highest BCUT2D eigenvalue weighted by atomic mass is 35.5. The van der Waals surface area contributed by atoms with Crippen LogP contribution < -0.4 is 14.8 Å². The maximum atomic E-state index is 8.79. The molecule has 4 nitrogen and oxygen atoms in total. The van der Waals surface area contributed by atoms with E-state index in [4.69, 9.17) is 26.2 Å². The Morgan fingerprint density at radius 1 is 1.30 bits per heavy atom. The Kier molecular flexibility index (Phi) is 7.73. The maximum absolute atomic E-state index is 8.79. The van der Waals surface area contributed by atoms with Gasteiger partial charge in [0.1, 0.15) is 0 Å². The van der Waals surface area contributed by atoms with Gasteiger partial charge < -0.3 is 19.9 Å². The van der Waals surface area contributed by atoms with E-state index in [0.717, 1.165) is 24.2 Å². The summed E-state index contributed by atoms with van der Waals surface area (Å²) in [7, 11) is 1.60. The highest BCUT2D eigenvalue weighted by molar-refractivity contribution is 6.30. The number of aliphatic hydroxyl groups is 1. The van der Waals surface area contributed by atoms with Gasteiger partial charge in [-0.1, -0.05) is 25.4 Å². The fourth-order valence-electron chi connectivity index (χ4n) is 1.77. The highest BCUT2D eigenvalue weighted by Gasteiger charge is 2.13. The number of unbranched alkanes of at least 4 members (excludes halogenated alkanes) is 1. The minimum Gasteiger partial charge on any atom is -0.493 e. The summed E-state index contributed by atoms with van der Waals surface area (Å²) >= 11 is 6.10. The number of ether oxygens (including phenoxy) is 2. The molecule has 1 aromatic carbocycles. The van der Waals surface area contributed by atoms with Crippen LogP contribution in [-0.4, -0.2) is 31.5 Å². The number of hydrogen-bond donors (Lipinski definition) is 2. The predicted octanol–water partition coefficient (Wildman–Crippen LogP) is 3.00. The Morgan fingerprint density at radius 3 is 2.65 bits per heavy atom. The van der Waals surface area contributed by atoms with E-state index in [0.29, 0.717) is 30.0 Å². The second kappa shape index (κ2) is 9.06. The standard InChI is InChI=1S/C15H24ClNO3/c1-11(2)17-10-12-8-13(16)9-14(19-3)15(12)20-7-5-4-6-18/h8-9,11,17-18H,4-7,10H2,1-3H3. The first-order valence-corrected chi connectivity index (χ1v) is 7.29. The fraction of sp³-hybridized carbons (Fsp3) is 0.600. The Hall–Kier alpha value is -0.970. The monoisotopic (exact) mass is 301 g/mol. The van der Waals surface area contributed by atoms with Crippen LogP contribution in [0, 0.1) is 0 Å². The predicted molar refractivity (Wildman–Crippen MR) is 81.8 cm³/mol. The molecule has 0 saturated carbocycles. The van der Waals surface area contributed by atoms with Crippen LogP contribution >= 0.6 is 11.6 Å². The van der Waals surface area contributed by atoms with Crippen LogP contribution in [-0.2, 0) is 6.54 Å². The number of nitrogens with one attached hydrogen (secondary N) is 1. The van der Waals surface area contributed by atoms with Crippen molar-refractivity contribution in [3.05, 3.63) is 22.7 Å². The van der Waals surface area contributed by atoms with Crippen molar-refractivity contribution in [2.45, 2.75) is 39.3 Å². The zero-order valence-corrected chi connectivity index (χ0v) is 13.2. The van der Waals surface area contributed by atoms with Gasteiger partial charge in [0, 0.05) is 35.8 Å². The molecule has 0 aliphatic rings. The Labute approximate surface area is 126 Å². The van der Waals surface area contributed by atoms with Gasteiger partial charge in [-0.3, -0.25) is 0 Å². The van der Waals surface area contributed by atoms with Crippen molar-refractivity contribution in [1.29, 1.82) is 0 Å². The third-order valence-electron chi connectivity index (χ3n) is 2.82. The SMILES string of the molecule is COc1cc(Cl)cc(CNC(C)C)c1OCCCCO. The molecule has 1 aromatic rings. The highest BCUT2D eigenvalue weighted by Crippen LogP contribution is 2.35. The normalized spacial score (nSPS) is 10.9. The molecular weight excluding hydrogens is 278 g/mol. The average Bonchev–Trinajstić information content (AvgIpc) is 2.42. The third-order valence-corrected chi connectivity index (χ3v) is 3.03. The smallest absolute Gasteiger partial charge is 0.165 e. The van der Waals surface area contributed by atoms with E-state index in [9.17, 15) is 0 Å². The number of methoxy groups -OCH3 is 1. The molecule has 2 N–H and O–H groups in total. The lowest BCUT2D eigenvalue weighted by molar-refractivity contribution is 0.246. The Bertz CT molecular complexity index is 410. The summed E-state index contributed by atoms with van der Waals surface area (Å²) in [6.45, 7) is 5.58. The third kappa shape index (κ3) is 5.57. The molecule has 0 heterocycles. The van der Waals surface area contributed by atoms with E-state index < -0.39 is 0 Å². The molecule has 0 aliphatic heterocycles. The number of rotatable bonds is 9. The van der Waals surface area contributed by atoms with Crippen LogP contribution in [0.4, 0.5) is 0 Å². The molecule has 0 radical (unpaired) electrons. The summed E-state index contributed by atoms with van der Waals surface area (Å²) in [4.78, 5) is 0. The maximum Gasteiger partial charge on any atom is 0.165 e. The van der Waals surface area contributed by atoms with Gasteiger partial charge in [-0.2, -0.15) is 0 Å². The second-order valence-electron chi connectivity index (χ2n) is 4.91. The number of hydrogen-bond acceptors (Lipinski definition) is 4. The molecule has 0 amide bonds. The van der Waals surface area contributed by atoms with Crippen molar-refractivity contribution >= 4 is 11.6 Å². The van der Waals surface area contributed by atoms with E-state index in [1.54, 1.807) is 13.2 Å². The molecule has 0 unspecified atom stereocenters. The molecule has 0 aliphatic carbocycles. The number of aliphatic hydroxyl groups excluding tert-OH is 1. The minimum atomic E-state index is 0.183. The molecule has 0 fully saturated rings. The van der Waals surface area contributed by atoms with Gasteiger partial charge in [0.25, 0.3) is 0 Å². The van der Waals surface area contributed by atoms with Crippen LogP contribution in [0.3, 0.4) is 0 Å². The van der Waals surface area contributed by atoms with E-state index in [1.807, 2.05) is 6.07 Å². The van der Waals surface area contributed by atoms with Gasteiger partial charge in [-0.05, 0) is 18.9 Å². The summed E-state index contributed by atoms with van der Waals surface area (Å²) in [5.41, 5.74) is 0.979. The van der Waals surface area contributed by atoms with Crippen molar-refractivity contribution in [3.8, 4) is 11.5 Å². The van der Waals surface area contributed by atoms with Crippen LogP contribution in [0.15, 0.2) is 12.1 Å². The van der Waals surface area contributed by atoms with E-state index >= 15 is 0 Å². The van der Waals surface area contributed by atoms with Crippen molar-refractivity contribution in [3.63, 3.8) is 0 Å². The van der Waals surface area contributed by atoms with E-state index in [-0.39, 0.29) is 6.61 Å². The molecular formula is C15H24ClNO3. The van der Waals surface area contributed by atoms with Crippen molar-refractivity contribution in [1.82, 2.24) is 5.32 Å². The number of halogens is 1. The quantitative estimate of drug-likeness (QED) is 0.689. The lowest BCUT2D eigenvalue weighted by atomic mass is 10.1. The first-order valence-electron chi connectivity index (χ1n) is 6.92. The van der Waals surface area contributed by atoms with Crippen LogP contribution in [0.25, 0.3) is 0 Å². The lowest BCUT2D eigenvalue weighted by Crippen LogP contribution is -2.22. The average molecular weight is 302 g/mol. The summed E-state index contributed by atoms with van der Waals surface area (Å²) < 4.78 is 11.2. The van der Waals surface area contributed by atoms with E-state index in [1.165, 1.54) is 0 Å². The molecule has 0 bridgehead atoms. The molecule has 0 spiro atoms. The van der Waals surface area contributed by atoms with Gasteiger partial charge in [-0.15, -0.1) is 0 Å². The van der Waals surface area contributed by atoms with Crippen molar-refractivity contribution in [2.24, 2.45) is 0 Å². The molecule has 0 saturated heterocycles. The van der Waals surface area contributed by atoms with Gasteiger partial charge in [0.15, 0.2) is 11.5 Å². The molecule has 20 heavy (non-hydrogen) atoms. The van der Waals surface area contributed by atoms with Crippen molar-refractivity contribution < 1.29 is 14.6 Å². The second-order valence-corrected chi connectivity index (χ2v) is 5.35. The first-order chi connectivity index (χ1) is 9.58. The summed E-state index contributed by atoms with van der Waals surface area (Å²) in [6, 6.07) is 4.02. The van der Waals surface area contributed by atoms with Gasteiger partial charge >= 0.3 is 0 Å². The minimum absolute atomic E-state index is 0.183. The van der Waals surface area contributed by atoms with Gasteiger partial charge in [0.2, 0.25) is 0 Å².